The van der Waals surface area contributed by atoms with E-state index < -0.39 is 0 Å². The quantitative estimate of drug-likeness (QED) is 0.667. The third-order valence-corrected chi connectivity index (χ3v) is 3.26. The number of amides is 2. The summed E-state index contributed by atoms with van der Waals surface area (Å²) in [6.45, 7) is 3.73. The highest BCUT2D eigenvalue weighted by molar-refractivity contribution is 5.85. The van der Waals surface area contributed by atoms with Crippen molar-refractivity contribution in [3.63, 3.8) is 0 Å². The van der Waals surface area contributed by atoms with Gasteiger partial charge in [0.05, 0.1) is 6.54 Å². The summed E-state index contributed by atoms with van der Waals surface area (Å²) in [5.74, 6) is 0.637. The summed E-state index contributed by atoms with van der Waals surface area (Å²) in [5, 5.41) is 6.16. The molecular formula is C11H19N3O2. The van der Waals surface area contributed by atoms with Crippen molar-refractivity contribution in [2.75, 3.05) is 32.7 Å². The Morgan fingerprint density at radius 2 is 2.44 bits per heavy atom. The van der Waals surface area contributed by atoms with E-state index in [-0.39, 0.29) is 18.4 Å². The van der Waals surface area contributed by atoms with Crippen molar-refractivity contribution in [2.45, 2.75) is 19.3 Å². The van der Waals surface area contributed by atoms with Crippen LogP contribution in [-0.4, -0.2) is 49.4 Å². The molecule has 0 saturated carbocycles. The minimum Gasteiger partial charge on any atom is -0.354 e. The smallest absolute Gasteiger partial charge is 0.239 e. The minimum absolute atomic E-state index is 0.0258. The van der Waals surface area contributed by atoms with Crippen LogP contribution in [0.4, 0.5) is 0 Å². The minimum atomic E-state index is -0.0258. The molecule has 2 amide bonds. The normalized spacial score (nSPS) is 25.1. The Morgan fingerprint density at radius 1 is 1.56 bits per heavy atom. The van der Waals surface area contributed by atoms with E-state index in [0.29, 0.717) is 12.3 Å². The highest BCUT2D eigenvalue weighted by atomic mass is 16.2. The molecule has 2 fully saturated rings. The molecule has 0 aliphatic carbocycles. The fraction of sp³-hybridized carbons (Fsp3) is 0.818. The van der Waals surface area contributed by atoms with Crippen molar-refractivity contribution in [1.82, 2.24) is 15.5 Å². The SMILES string of the molecule is O=C(CN1CCCC1=O)NCC1CCNC1. The van der Waals surface area contributed by atoms with Crippen molar-refractivity contribution >= 4 is 11.8 Å². The maximum atomic E-state index is 11.6. The van der Waals surface area contributed by atoms with E-state index in [9.17, 15) is 9.59 Å². The summed E-state index contributed by atoms with van der Waals surface area (Å²) in [6.07, 6.45) is 2.61. The first kappa shape index (κ1) is 11.4. The Labute approximate surface area is 95.6 Å². The van der Waals surface area contributed by atoms with Crippen molar-refractivity contribution in [3.05, 3.63) is 0 Å². The third kappa shape index (κ3) is 2.95. The second-order valence-corrected chi connectivity index (χ2v) is 4.58. The van der Waals surface area contributed by atoms with Gasteiger partial charge in [0.1, 0.15) is 0 Å². The monoisotopic (exact) mass is 225 g/mol. The predicted octanol–water partition coefficient (Wildman–Crippen LogP) is -0.665. The molecule has 1 unspecified atom stereocenters. The van der Waals surface area contributed by atoms with Crippen molar-refractivity contribution in [1.29, 1.82) is 0 Å². The summed E-state index contributed by atoms with van der Waals surface area (Å²) >= 11 is 0. The summed E-state index contributed by atoms with van der Waals surface area (Å²) in [7, 11) is 0. The summed E-state index contributed by atoms with van der Waals surface area (Å²) < 4.78 is 0. The Morgan fingerprint density at radius 3 is 3.06 bits per heavy atom. The number of carbonyl (C=O) groups is 2. The highest BCUT2D eigenvalue weighted by Gasteiger charge is 2.22. The van der Waals surface area contributed by atoms with Crippen LogP contribution >= 0.6 is 0 Å². The van der Waals surface area contributed by atoms with Gasteiger partial charge in [-0.1, -0.05) is 0 Å². The largest absolute Gasteiger partial charge is 0.354 e. The maximum Gasteiger partial charge on any atom is 0.239 e. The van der Waals surface area contributed by atoms with Gasteiger partial charge in [0, 0.05) is 19.5 Å². The number of nitrogens with one attached hydrogen (secondary N) is 2. The first-order chi connectivity index (χ1) is 7.75. The van der Waals surface area contributed by atoms with Crippen LogP contribution in [0, 0.1) is 5.92 Å². The van der Waals surface area contributed by atoms with E-state index in [2.05, 4.69) is 10.6 Å². The molecule has 0 aromatic heterocycles. The molecule has 16 heavy (non-hydrogen) atoms. The van der Waals surface area contributed by atoms with Crippen LogP contribution in [0.3, 0.4) is 0 Å². The Bertz CT molecular complexity index is 274. The van der Waals surface area contributed by atoms with E-state index in [1.54, 1.807) is 4.90 Å². The number of nitrogens with zero attached hydrogens (tertiary/aromatic N) is 1. The van der Waals surface area contributed by atoms with Gasteiger partial charge in [0.2, 0.25) is 11.8 Å². The molecule has 0 bridgehead atoms. The van der Waals surface area contributed by atoms with Crippen LogP contribution in [-0.2, 0) is 9.59 Å². The topological polar surface area (TPSA) is 61.4 Å². The summed E-state index contributed by atoms with van der Waals surface area (Å²) in [6, 6.07) is 0. The first-order valence-electron chi connectivity index (χ1n) is 6.01. The van der Waals surface area contributed by atoms with Gasteiger partial charge < -0.3 is 15.5 Å². The molecule has 1 atom stereocenters. The van der Waals surface area contributed by atoms with Gasteiger partial charge in [-0.05, 0) is 31.8 Å². The molecule has 2 aliphatic rings. The van der Waals surface area contributed by atoms with E-state index in [0.717, 1.165) is 39.0 Å². The molecule has 2 rings (SSSR count). The Balaban J connectivity index is 1.65. The second kappa shape index (κ2) is 5.30. The van der Waals surface area contributed by atoms with Crippen LogP contribution in [0.15, 0.2) is 0 Å². The number of rotatable bonds is 4. The molecule has 2 N–H and O–H groups in total. The summed E-state index contributed by atoms with van der Waals surface area (Å²) in [4.78, 5) is 24.5. The van der Waals surface area contributed by atoms with Crippen LogP contribution in [0.25, 0.3) is 0 Å². The lowest BCUT2D eigenvalue weighted by atomic mass is 10.1. The highest BCUT2D eigenvalue weighted by Crippen LogP contribution is 2.09. The average molecular weight is 225 g/mol. The van der Waals surface area contributed by atoms with Crippen LogP contribution < -0.4 is 10.6 Å². The molecular weight excluding hydrogens is 206 g/mol. The molecule has 5 heteroatoms. The lowest BCUT2D eigenvalue weighted by Gasteiger charge is -2.16. The van der Waals surface area contributed by atoms with E-state index in [1.165, 1.54) is 0 Å². The van der Waals surface area contributed by atoms with Crippen LogP contribution in [0.1, 0.15) is 19.3 Å². The number of hydrogen-bond acceptors (Lipinski definition) is 3. The Hall–Kier alpha value is -1.10. The van der Waals surface area contributed by atoms with Gasteiger partial charge in [0.25, 0.3) is 0 Å². The van der Waals surface area contributed by atoms with Gasteiger partial charge in [-0.15, -0.1) is 0 Å². The molecule has 0 aromatic rings. The van der Waals surface area contributed by atoms with E-state index >= 15 is 0 Å². The Kier molecular flexibility index (Phi) is 3.77. The van der Waals surface area contributed by atoms with Crippen LogP contribution in [0.5, 0.6) is 0 Å². The first-order valence-corrected chi connectivity index (χ1v) is 6.01. The fourth-order valence-electron chi connectivity index (χ4n) is 2.25. The maximum absolute atomic E-state index is 11.6. The standard InChI is InChI=1S/C11H19N3O2/c15-10(8-14-5-1-2-11(14)16)13-7-9-3-4-12-6-9/h9,12H,1-8H2,(H,13,15). The average Bonchev–Trinajstić information content (AvgIpc) is 2.88. The van der Waals surface area contributed by atoms with Gasteiger partial charge >= 0.3 is 0 Å². The number of likely N-dealkylation sites (tertiary alicyclic amines) is 1. The van der Waals surface area contributed by atoms with E-state index in [1.807, 2.05) is 0 Å². The lowest BCUT2D eigenvalue weighted by molar-refractivity contribution is -0.133. The molecule has 2 saturated heterocycles. The molecule has 2 aliphatic heterocycles. The van der Waals surface area contributed by atoms with Gasteiger partial charge in [-0.2, -0.15) is 0 Å². The molecule has 0 aromatic carbocycles. The van der Waals surface area contributed by atoms with E-state index in [4.69, 9.17) is 0 Å². The number of carbonyl (C=O) groups excluding carboxylic acids is 2. The molecule has 5 nitrogen and oxygen atoms in total. The zero-order valence-corrected chi connectivity index (χ0v) is 9.50. The molecule has 0 spiro atoms. The van der Waals surface area contributed by atoms with Gasteiger partial charge in [-0.25, -0.2) is 0 Å². The fourth-order valence-corrected chi connectivity index (χ4v) is 2.25. The molecule has 0 radical (unpaired) electrons. The zero-order chi connectivity index (χ0) is 11.4. The van der Waals surface area contributed by atoms with Crippen molar-refractivity contribution < 1.29 is 9.59 Å². The second-order valence-electron chi connectivity index (χ2n) is 4.58. The number of hydrogen-bond donors (Lipinski definition) is 2. The van der Waals surface area contributed by atoms with Gasteiger partial charge in [0.15, 0.2) is 0 Å². The van der Waals surface area contributed by atoms with Crippen molar-refractivity contribution in [3.8, 4) is 0 Å². The molecule has 90 valence electrons. The molecule has 2 heterocycles. The summed E-state index contributed by atoms with van der Waals surface area (Å²) in [5.41, 5.74) is 0. The van der Waals surface area contributed by atoms with Gasteiger partial charge in [-0.3, -0.25) is 9.59 Å². The van der Waals surface area contributed by atoms with Crippen LogP contribution in [0.2, 0.25) is 0 Å². The third-order valence-electron chi connectivity index (χ3n) is 3.26. The zero-order valence-electron chi connectivity index (χ0n) is 9.50. The lowest BCUT2D eigenvalue weighted by Crippen LogP contribution is -2.39. The predicted molar refractivity (Wildman–Crippen MR) is 59.8 cm³/mol. The van der Waals surface area contributed by atoms with Crippen molar-refractivity contribution in [2.24, 2.45) is 5.92 Å².